The van der Waals surface area contributed by atoms with Crippen LogP contribution < -0.4 is 57.3 Å². The Balaban J connectivity index is 0. The Bertz CT molecular complexity index is 168. The maximum atomic E-state index is 10.5. The Morgan fingerprint density at radius 3 is 2.67 bits per heavy atom. The molecular formula is C8H16FKN2O2Se. The second-order valence-corrected chi connectivity index (χ2v) is 5.38. The minimum atomic E-state index is -0.0397. The van der Waals surface area contributed by atoms with Crippen LogP contribution in [0.25, 0.3) is 0 Å². The first-order chi connectivity index (χ1) is 6.83. The van der Waals surface area contributed by atoms with Gasteiger partial charge in [-0.2, -0.15) is 5.96 Å². The number of carbonyl (C=O) groups excluding carboxylic acids is 1. The first-order valence-corrected chi connectivity index (χ1v) is 6.61. The number of aliphatic hydroxyl groups excluding tert-OH is 1. The van der Waals surface area contributed by atoms with E-state index >= 15 is 0 Å². The van der Waals surface area contributed by atoms with Crippen LogP contribution in [0.5, 0.6) is 0 Å². The molecule has 1 saturated heterocycles. The van der Waals surface area contributed by atoms with Crippen molar-refractivity contribution >= 4 is 21.2 Å². The van der Waals surface area contributed by atoms with Crippen LogP contribution in [0.2, 0.25) is 5.32 Å². The van der Waals surface area contributed by atoms with Crippen molar-refractivity contribution in [3.63, 3.8) is 0 Å². The van der Waals surface area contributed by atoms with Gasteiger partial charge in [0.05, 0.1) is 0 Å². The number of halogens is 1. The molecule has 84 valence electrons. The third-order valence-electron chi connectivity index (χ3n) is 1.99. The van der Waals surface area contributed by atoms with Crippen LogP contribution in [0.1, 0.15) is 13.3 Å². The van der Waals surface area contributed by atoms with Crippen LogP contribution in [-0.2, 0) is 4.79 Å². The van der Waals surface area contributed by atoms with E-state index in [0.29, 0.717) is 15.0 Å². The number of hydrogen-bond acceptors (Lipinski definition) is 4. The molecule has 3 N–H and O–H groups in total. The average Bonchev–Trinajstić information content (AvgIpc) is 2.64. The summed E-state index contributed by atoms with van der Waals surface area (Å²) in [6, 6.07) is -0.0397. The van der Waals surface area contributed by atoms with E-state index in [-0.39, 0.29) is 69.0 Å². The summed E-state index contributed by atoms with van der Waals surface area (Å²) in [5.74, 6) is 3.00. The van der Waals surface area contributed by atoms with Crippen molar-refractivity contribution < 1.29 is 65.8 Å². The molecule has 7 heteroatoms. The smallest absolute Gasteiger partial charge is 0.172 e. The molecule has 1 heterocycles. The van der Waals surface area contributed by atoms with E-state index in [1.54, 1.807) is 0 Å². The standard InChI is InChI=1S/C8H14NO2Se.FH2N.K/c1-2-3-9-7(4-10)6-12-8(9)5-11;1-2;/h7-8,11H,2-3,5-6H2,1H3;2H2;/q-1;;+1/t7-,8?;;/m1../s1. The van der Waals surface area contributed by atoms with Gasteiger partial charge in [-0.1, -0.05) is 0 Å². The molecular weight excluding hydrogens is 293 g/mol. The van der Waals surface area contributed by atoms with E-state index in [9.17, 15) is 4.79 Å². The van der Waals surface area contributed by atoms with Crippen LogP contribution in [-0.4, -0.2) is 55.4 Å². The number of hydrogen-bond donors (Lipinski definition) is 2. The predicted molar refractivity (Wildman–Crippen MR) is 53.2 cm³/mol. The SMILES string of the molecule is CCCN1C(CO)[Se]C[C@H]1[C-]=O.NF.[K+]. The molecule has 0 spiro atoms. The summed E-state index contributed by atoms with van der Waals surface area (Å²) in [4.78, 5) is 12.9. The average molecular weight is 309 g/mol. The van der Waals surface area contributed by atoms with Crippen molar-refractivity contribution in [1.82, 2.24) is 4.90 Å². The van der Waals surface area contributed by atoms with E-state index in [4.69, 9.17) is 9.59 Å². The quantitative estimate of drug-likeness (QED) is 0.321. The molecule has 0 aromatic rings. The molecule has 4 nitrogen and oxygen atoms in total. The van der Waals surface area contributed by atoms with E-state index in [0.717, 1.165) is 18.3 Å². The predicted octanol–water partition coefficient (Wildman–Crippen LogP) is -3.54. The Labute approximate surface area is 139 Å². The van der Waals surface area contributed by atoms with Gasteiger partial charge in [0.2, 0.25) is 0 Å². The van der Waals surface area contributed by atoms with E-state index < -0.39 is 0 Å². The summed E-state index contributed by atoms with van der Waals surface area (Å²) in [6.45, 7) is 3.19. The van der Waals surface area contributed by atoms with Crippen LogP contribution in [0.4, 0.5) is 4.48 Å². The molecule has 0 aliphatic carbocycles. The molecule has 1 aliphatic heterocycles. The summed E-state index contributed by atoms with van der Waals surface area (Å²) in [5, 5.41) is 9.94. The maximum Gasteiger partial charge on any atom is 1.00 e. The van der Waals surface area contributed by atoms with Crippen molar-refractivity contribution in [3.8, 4) is 0 Å². The van der Waals surface area contributed by atoms with Gasteiger partial charge in [-0.05, 0) is 0 Å². The number of nitrogens with two attached hydrogens (primary N) is 1. The van der Waals surface area contributed by atoms with Crippen LogP contribution >= 0.6 is 0 Å². The molecule has 0 aromatic heterocycles. The molecule has 1 unspecified atom stereocenters. The molecule has 15 heavy (non-hydrogen) atoms. The van der Waals surface area contributed by atoms with Crippen molar-refractivity contribution in [2.45, 2.75) is 29.6 Å². The van der Waals surface area contributed by atoms with Crippen molar-refractivity contribution in [1.29, 1.82) is 0 Å². The van der Waals surface area contributed by atoms with Crippen molar-refractivity contribution in [2.24, 2.45) is 5.96 Å². The zero-order valence-corrected chi connectivity index (χ0v) is 14.0. The van der Waals surface area contributed by atoms with E-state index in [1.807, 2.05) is 6.29 Å². The van der Waals surface area contributed by atoms with Crippen LogP contribution in [0, 0.1) is 0 Å². The molecule has 2 atom stereocenters. The normalized spacial score (nSPS) is 25.1. The van der Waals surface area contributed by atoms with E-state index in [1.165, 1.54) is 0 Å². The largest absolute Gasteiger partial charge is 1.00 e. The second kappa shape index (κ2) is 12.1. The molecule has 1 rings (SSSR count). The number of nitrogens with zero attached hydrogens (tertiary/aromatic N) is 1. The van der Waals surface area contributed by atoms with Crippen molar-refractivity contribution in [2.75, 3.05) is 13.2 Å². The second-order valence-electron chi connectivity index (χ2n) is 2.84. The summed E-state index contributed by atoms with van der Waals surface area (Å²) in [6.07, 6.45) is 3.08. The van der Waals surface area contributed by atoms with Gasteiger partial charge in [0, 0.05) is 0 Å². The molecule has 0 amide bonds. The molecule has 0 saturated carbocycles. The van der Waals surface area contributed by atoms with E-state index in [2.05, 4.69) is 17.8 Å². The zero-order chi connectivity index (χ0) is 11.0. The van der Waals surface area contributed by atoms with Gasteiger partial charge in [0.15, 0.2) is 0 Å². The minimum absolute atomic E-state index is 0. The molecule has 0 radical (unpaired) electrons. The number of rotatable bonds is 4. The van der Waals surface area contributed by atoms with Gasteiger partial charge in [0.1, 0.15) is 0 Å². The fourth-order valence-electron chi connectivity index (χ4n) is 1.41. The van der Waals surface area contributed by atoms with Gasteiger partial charge >= 0.3 is 130 Å². The first-order valence-electron chi connectivity index (χ1n) is 4.41. The number of aliphatic hydroxyl groups is 1. The fraction of sp³-hybridized carbons (Fsp3) is 0.875. The fourth-order valence-corrected chi connectivity index (χ4v) is 3.96. The molecule has 0 bridgehead atoms. The van der Waals surface area contributed by atoms with Gasteiger partial charge in [-0.3, -0.25) is 0 Å². The Kier molecular flexibility index (Phi) is 15.3. The Hall–Kier alpha value is 1.64. The molecule has 1 aliphatic rings. The third-order valence-corrected chi connectivity index (χ3v) is 4.75. The van der Waals surface area contributed by atoms with Gasteiger partial charge in [-0.15, -0.1) is 4.48 Å². The summed E-state index contributed by atoms with van der Waals surface area (Å²) in [5.41, 5.74) is 0. The minimum Gasteiger partial charge on any atom is -0.172 e. The monoisotopic (exact) mass is 310 g/mol. The van der Waals surface area contributed by atoms with Gasteiger partial charge in [0.25, 0.3) is 0 Å². The third kappa shape index (κ3) is 6.21. The summed E-state index contributed by atoms with van der Waals surface area (Å²) >= 11 is 0.395. The molecule has 1 fully saturated rings. The van der Waals surface area contributed by atoms with Crippen LogP contribution in [0.15, 0.2) is 0 Å². The Morgan fingerprint density at radius 1 is 1.67 bits per heavy atom. The zero-order valence-electron chi connectivity index (χ0n) is 9.15. The Morgan fingerprint density at radius 2 is 2.27 bits per heavy atom. The topological polar surface area (TPSA) is 66.6 Å². The summed E-state index contributed by atoms with van der Waals surface area (Å²) < 4.78 is 9.00. The molecule has 0 aromatic carbocycles. The van der Waals surface area contributed by atoms with Crippen molar-refractivity contribution in [3.05, 3.63) is 0 Å². The van der Waals surface area contributed by atoms with Crippen LogP contribution in [0.3, 0.4) is 0 Å². The maximum absolute atomic E-state index is 10.5. The summed E-state index contributed by atoms with van der Waals surface area (Å²) in [7, 11) is 0. The van der Waals surface area contributed by atoms with Gasteiger partial charge in [-0.25, -0.2) is 0 Å². The first kappa shape index (κ1) is 19.0. The van der Waals surface area contributed by atoms with Gasteiger partial charge < -0.3 is 0 Å².